The van der Waals surface area contributed by atoms with Crippen LogP contribution in [0.25, 0.3) is 0 Å². The van der Waals surface area contributed by atoms with Crippen molar-refractivity contribution in [3.05, 3.63) is 18.3 Å². The molecule has 3 nitrogen and oxygen atoms in total. The van der Waals surface area contributed by atoms with Crippen LogP contribution in [0.3, 0.4) is 0 Å². The van der Waals surface area contributed by atoms with E-state index < -0.39 is 13.0 Å². The van der Waals surface area contributed by atoms with Gasteiger partial charge in [0.05, 0.1) is 12.2 Å². The zero-order valence-corrected chi connectivity index (χ0v) is 6.30. The maximum atomic E-state index is 11.7. The molecular formula is C7H9F2N3. The van der Waals surface area contributed by atoms with Crippen LogP contribution in [0.4, 0.5) is 20.3 Å². The Bertz CT molecular complexity index is 252. The maximum absolute atomic E-state index is 11.7. The lowest BCUT2D eigenvalue weighted by molar-refractivity contribution is 0.163. The number of anilines is 2. The number of hydrogen-bond acceptors (Lipinski definition) is 3. The Kier molecular flexibility index (Phi) is 2.79. The predicted molar refractivity (Wildman–Crippen MR) is 43.1 cm³/mol. The molecule has 0 spiro atoms. The first-order valence-corrected chi connectivity index (χ1v) is 3.42. The number of nitrogen functional groups attached to an aromatic ring is 1. The molecule has 0 aliphatic rings. The first-order chi connectivity index (χ1) is 5.70. The van der Waals surface area contributed by atoms with Crippen molar-refractivity contribution < 1.29 is 8.78 Å². The van der Waals surface area contributed by atoms with Crippen molar-refractivity contribution in [2.75, 3.05) is 17.6 Å². The molecule has 0 radical (unpaired) electrons. The average Bonchev–Trinajstić information content (AvgIpc) is 2.03. The van der Waals surface area contributed by atoms with E-state index in [1.807, 2.05) is 0 Å². The number of hydrogen-bond donors (Lipinski definition) is 2. The van der Waals surface area contributed by atoms with Crippen LogP contribution in [0.1, 0.15) is 0 Å². The molecule has 0 aromatic carbocycles. The summed E-state index contributed by atoms with van der Waals surface area (Å²) in [6, 6.07) is 3.24. The average molecular weight is 173 g/mol. The molecule has 66 valence electrons. The van der Waals surface area contributed by atoms with E-state index in [-0.39, 0.29) is 0 Å². The minimum absolute atomic E-state index is 0.304. The Hall–Kier alpha value is -1.39. The van der Waals surface area contributed by atoms with Gasteiger partial charge in [-0.15, -0.1) is 0 Å². The molecule has 3 N–H and O–H groups in total. The number of aromatic nitrogens is 1. The number of rotatable bonds is 3. The Labute approximate surface area is 68.6 Å². The van der Waals surface area contributed by atoms with Gasteiger partial charge in [-0.05, 0) is 12.1 Å². The van der Waals surface area contributed by atoms with Crippen molar-refractivity contribution in [1.29, 1.82) is 0 Å². The Morgan fingerprint density at radius 1 is 1.58 bits per heavy atom. The number of nitrogens with one attached hydrogen (secondary N) is 1. The highest BCUT2D eigenvalue weighted by Gasteiger charge is 2.03. The Morgan fingerprint density at radius 2 is 2.33 bits per heavy atom. The van der Waals surface area contributed by atoms with Crippen molar-refractivity contribution in [3.63, 3.8) is 0 Å². The molecule has 0 fully saturated rings. The number of alkyl halides is 2. The smallest absolute Gasteiger partial charge is 0.255 e. The molecule has 1 heterocycles. The summed E-state index contributed by atoms with van der Waals surface area (Å²) in [4.78, 5) is 3.78. The van der Waals surface area contributed by atoms with Crippen LogP contribution < -0.4 is 11.1 Å². The summed E-state index contributed by atoms with van der Waals surface area (Å²) in [6.45, 7) is -0.429. The summed E-state index contributed by atoms with van der Waals surface area (Å²) in [5.41, 5.74) is 5.81. The monoisotopic (exact) mass is 173 g/mol. The van der Waals surface area contributed by atoms with Crippen LogP contribution in [0.15, 0.2) is 18.3 Å². The maximum Gasteiger partial charge on any atom is 0.255 e. The quantitative estimate of drug-likeness (QED) is 0.725. The number of halogens is 2. The van der Waals surface area contributed by atoms with E-state index in [2.05, 4.69) is 10.3 Å². The van der Waals surface area contributed by atoms with Crippen LogP contribution in [0.2, 0.25) is 0 Å². The molecule has 0 saturated heterocycles. The van der Waals surface area contributed by atoms with Crippen LogP contribution in [-0.4, -0.2) is 18.0 Å². The van der Waals surface area contributed by atoms with Gasteiger partial charge in [-0.25, -0.2) is 13.8 Å². The van der Waals surface area contributed by atoms with Gasteiger partial charge in [0, 0.05) is 6.20 Å². The van der Waals surface area contributed by atoms with E-state index in [1.165, 1.54) is 6.20 Å². The summed E-state index contributed by atoms with van der Waals surface area (Å²) in [7, 11) is 0. The largest absolute Gasteiger partial charge is 0.396 e. The molecule has 0 amide bonds. The molecule has 1 aromatic rings. The number of nitrogens with two attached hydrogens (primary N) is 1. The molecule has 0 atom stereocenters. The van der Waals surface area contributed by atoms with Gasteiger partial charge in [0.2, 0.25) is 0 Å². The van der Waals surface area contributed by atoms with Gasteiger partial charge in [-0.2, -0.15) is 0 Å². The third-order valence-electron chi connectivity index (χ3n) is 1.26. The van der Waals surface area contributed by atoms with Gasteiger partial charge in [-0.3, -0.25) is 0 Å². The molecule has 0 aliphatic carbocycles. The van der Waals surface area contributed by atoms with Gasteiger partial charge >= 0.3 is 0 Å². The molecule has 1 rings (SSSR count). The fourth-order valence-electron chi connectivity index (χ4n) is 0.739. The minimum Gasteiger partial charge on any atom is -0.396 e. The summed E-state index contributed by atoms with van der Waals surface area (Å²) in [5, 5.41) is 2.43. The molecule has 5 heteroatoms. The summed E-state index contributed by atoms with van der Waals surface area (Å²) in [6.07, 6.45) is -0.907. The van der Waals surface area contributed by atoms with E-state index in [4.69, 9.17) is 5.73 Å². The highest BCUT2D eigenvalue weighted by atomic mass is 19.3. The van der Waals surface area contributed by atoms with Gasteiger partial charge in [-0.1, -0.05) is 0 Å². The van der Waals surface area contributed by atoms with Gasteiger partial charge in [0.25, 0.3) is 6.43 Å². The molecule has 0 saturated carbocycles. The van der Waals surface area contributed by atoms with Gasteiger partial charge < -0.3 is 11.1 Å². The second-order valence-corrected chi connectivity index (χ2v) is 2.21. The molecular weight excluding hydrogens is 164 g/mol. The van der Waals surface area contributed by atoms with E-state index in [1.54, 1.807) is 12.1 Å². The van der Waals surface area contributed by atoms with E-state index in [0.717, 1.165) is 0 Å². The summed E-state index contributed by atoms with van der Waals surface area (Å²) < 4.78 is 23.4. The second kappa shape index (κ2) is 3.85. The lowest BCUT2D eigenvalue weighted by Gasteiger charge is -2.05. The molecule has 0 bridgehead atoms. The fraction of sp³-hybridized carbons (Fsp3) is 0.286. The first kappa shape index (κ1) is 8.70. The van der Waals surface area contributed by atoms with Gasteiger partial charge in [0.1, 0.15) is 5.82 Å². The lowest BCUT2D eigenvalue weighted by atomic mass is 10.4. The predicted octanol–water partition coefficient (Wildman–Crippen LogP) is 1.34. The Morgan fingerprint density at radius 3 is 2.92 bits per heavy atom. The third-order valence-corrected chi connectivity index (χ3v) is 1.26. The summed E-state index contributed by atoms with van der Waals surface area (Å²) >= 11 is 0. The van der Waals surface area contributed by atoms with Crippen LogP contribution in [-0.2, 0) is 0 Å². The Balaban J connectivity index is 2.57. The van der Waals surface area contributed by atoms with Crippen molar-refractivity contribution in [2.24, 2.45) is 0 Å². The van der Waals surface area contributed by atoms with Crippen LogP contribution in [0, 0.1) is 0 Å². The van der Waals surface area contributed by atoms with Gasteiger partial charge in [0.15, 0.2) is 0 Å². The third kappa shape index (κ3) is 2.34. The lowest BCUT2D eigenvalue weighted by Crippen LogP contribution is -2.12. The zero-order valence-electron chi connectivity index (χ0n) is 6.30. The van der Waals surface area contributed by atoms with E-state index in [0.29, 0.717) is 11.5 Å². The summed E-state index contributed by atoms with van der Waals surface area (Å²) in [5.74, 6) is 0.304. The van der Waals surface area contributed by atoms with E-state index >= 15 is 0 Å². The van der Waals surface area contributed by atoms with Crippen molar-refractivity contribution in [1.82, 2.24) is 4.98 Å². The SMILES string of the molecule is Nc1cccnc1NCC(F)F. The van der Waals surface area contributed by atoms with Crippen molar-refractivity contribution in [3.8, 4) is 0 Å². The fourth-order valence-corrected chi connectivity index (χ4v) is 0.739. The topological polar surface area (TPSA) is 50.9 Å². The highest BCUT2D eigenvalue weighted by Crippen LogP contribution is 2.12. The van der Waals surface area contributed by atoms with Crippen molar-refractivity contribution >= 4 is 11.5 Å². The number of nitrogens with zero attached hydrogens (tertiary/aromatic N) is 1. The van der Waals surface area contributed by atoms with Crippen LogP contribution >= 0.6 is 0 Å². The molecule has 0 aliphatic heterocycles. The molecule has 1 aromatic heterocycles. The normalized spacial score (nSPS) is 10.2. The van der Waals surface area contributed by atoms with Crippen LogP contribution in [0.5, 0.6) is 0 Å². The molecule has 12 heavy (non-hydrogen) atoms. The standard InChI is InChI=1S/C7H9F2N3/c8-6(9)4-12-7-5(10)2-1-3-11-7/h1-3,6H,4,10H2,(H,11,12). The number of pyridine rings is 1. The van der Waals surface area contributed by atoms with Crippen molar-refractivity contribution in [2.45, 2.75) is 6.43 Å². The van der Waals surface area contributed by atoms with E-state index in [9.17, 15) is 8.78 Å². The minimum atomic E-state index is -2.40. The zero-order chi connectivity index (χ0) is 8.97. The first-order valence-electron chi connectivity index (χ1n) is 3.42. The second-order valence-electron chi connectivity index (χ2n) is 2.21. The molecule has 0 unspecified atom stereocenters. The highest BCUT2D eigenvalue weighted by molar-refractivity contribution is 5.60.